The van der Waals surface area contributed by atoms with Gasteiger partial charge in [0.05, 0.1) is 12.3 Å². The lowest BCUT2D eigenvalue weighted by Crippen LogP contribution is -2.24. The van der Waals surface area contributed by atoms with E-state index < -0.39 is 0 Å². The van der Waals surface area contributed by atoms with E-state index in [0.717, 1.165) is 17.7 Å². The third-order valence-electron chi connectivity index (χ3n) is 3.17. The van der Waals surface area contributed by atoms with Crippen LogP contribution in [-0.4, -0.2) is 0 Å². The molecule has 1 aromatic heterocycles. The van der Waals surface area contributed by atoms with Gasteiger partial charge in [-0.1, -0.05) is 36.2 Å². The smallest absolute Gasteiger partial charge is 0.120 e. The normalized spacial score (nSPS) is 14.3. The van der Waals surface area contributed by atoms with E-state index in [2.05, 4.69) is 19.2 Å². The molecule has 2 nitrogen and oxygen atoms in total. The lowest BCUT2D eigenvalue weighted by Gasteiger charge is -2.22. The molecule has 19 heavy (non-hydrogen) atoms. The van der Waals surface area contributed by atoms with Gasteiger partial charge in [-0.25, -0.2) is 0 Å². The van der Waals surface area contributed by atoms with Gasteiger partial charge in [0.15, 0.2) is 0 Å². The first-order valence-corrected chi connectivity index (χ1v) is 7.11. The van der Waals surface area contributed by atoms with E-state index in [1.54, 1.807) is 12.3 Å². The fourth-order valence-electron chi connectivity index (χ4n) is 2.13. The second kappa shape index (κ2) is 6.47. The largest absolute Gasteiger partial charge is 0.468 e. The van der Waals surface area contributed by atoms with Crippen LogP contribution in [0.5, 0.6) is 0 Å². The molecule has 4 heteroatoms. The Labute approximate surface area is 123 Å². The van der Waals surface area contributed by atoms with Crippen LogP contribution < -0.4 is 5.32 Å². The van der Waals surface area contributed by atoms with Gasteiger partial charge in [-0.2, -0.15) is 0 Å². The molecule has 2 rings (SSSR count). The maximum atomic E-state index is 6.26. The van der Waals surface area contributed by atoms with E-state index in [1.807, 2.05) is 24.3 Å². The second-order valence-corrected chi connectivity index (χ2v) is 5.37. The molecule has 0 aliphatic rings. The zero-order valence-electron chi connectivity index (χ0n) is 11.0. The molecule has 2 aromatic rings. The van der Waals surface area contributed by atoms with Gasteiger partial charge >= 0.3 is 0 Å². The van der Waals surface area contributed by atoms with E-state index in [4.69, 9.17) is 27.6 Å². The molecular weight excluding hydrogens is 281 g/mol. The van der Waals surface area contributed by atoms with Crippen LogP contribution in [0.4, 0.5) is 0 Å². The fraction of sp³-hybridized carbons (Fsp3) is 0.333. The fourth-order valence-corrected chi connectivity index (χ4v) is 2.67. The summed E-state index contributed by atoms with van der Waals surface area (Å²) in [5.41, 5.74) is 1.06. The first kappa shape index (κ1) is 14.4. The van der Waals surface area contributed by atoms with Crippen molar-refractivity contribution < 1.29 is 4.42 Å². The molecule has 2 unspecified atom stereocenters. The van der Waals surface area contributed by atoms with E-state index in [9.17, 15) is 0 Å². The molecule has 2 atom stereocenters. The Balaban J connectivity index is 2.16. The third kappa shape index (κ3) is 3.53. The summed E-state index contributed by atoms with van der Waals surface area (Å²) in [6.07, 6.45) is 2.62. The summed E-state index contributed by atoms with van der Waals surface area (Å²) in [6.45, 7) is 4.20. The Kier molecular flexibility index (Phi) is 4.92. The van der Waals surface area contributed by atoms with Crippen molar-refractivity contribution in [3.8, 4) is 0 Å². The molecule has 0 aliphatic carbocycles. The van der Waals surface area contributed by atoms with Crippen molar-refractivity contribution in [3.05, 3.63) is 58.0 Å². The lowest BCUT2D eigenvalue weighted by molar-refractivity contribution is 0.387. The quantitative estimate of drug-likeness (QED) is 0.800. The highest BCUT2D eigenvalue weighted by atomic mass is 35.5. The molecule has 0 bridgehead atoms. The Hall–Kier alpha value is -0.960. The Morgan fingerprint density at radius 3 is 2.63 bits per heavy atom. The summed E-state index contributed by atoms with van der Waals surface area (Å²) in [5.74, 6) is 0.920. The van der Waals surface area contributed by atoms with Crippen LogP contribution in [0.2, 0.25) is 10.0 Å². The van der Waals surface area contributed by atoms with Gasteiger partial charge in [0.2, 0.25) is 0 Å². The minimum absolute atomic E-state index is 0.131. The predicted molar refractivity (Wildman–Crippen MR) is 79.8 cm³/mol. The van der Waals surface area contributed by atoms with Crippen LogP contribution in [-0.2, 0) is 0 Å². The van der Waals surface area contributed by atoms with Crippen molar-refractivity contribution in [2.75, 3.05) is 0 Å². The lowest BCUT2D eigenvalue weighted by atomic mass is 10.0. The van der Waals surface area contributed by atoms with Gasteiger partial charge in [0.1, 0.15) is 5.76 Å². The van der Waals surface area contributed by atoms with Gasteiger partial charge in [-0.05, 0) is 43.2 Å². The number of hydrogen-bond acceptors (Lipinski definition) is 2. The van der Waals surface area contributed by atoms with Gasteiger partial charge < -0.3 is 9.73 Å². The van der Waals surface area contributed by atoms with Gasteiger partial charge in [0.25, 0.3) is 0 Å². The molecule has 1 heterocycles. The number of hydrogen-bond donors (Lipinski definition) is 1. The summed E-state index contributed by atoms with van der Waals surface area (Å²) in [7, 11) is 0. The van der Waals surface area contributed by atoms with Crippen LogP contribution in [0.3, 0.4) is 0 Å². The Morgan fingerprint density at radius 2 is 2.05 bits per heavy atom. The molecule has 0 saturated carbocycles. The molecule has 1 N–H and O–H groups in total. The number of nitrogens with one attached hydrogen (secondary N) is 1. The molecule has 0 amide bonds. The first-order chi connectivity index (χ1) is 9.11. The van der Waals surface area contributed by atoms with Crippen molar-refractivity contribution in [2.24, 2.45) is 0 Å². The van der Waals surface area contributed by atoms with Crippen LogP contribution in [0.1, 0.15) is 43.7 Å². The van der Waals surface area contributed by atoms with E-state index in [1.165, 1.54) is 0 Å². The van der Waals surface area contributed by atoms with Gasteiger partial charge in [0, 0.05) is 16.1 Å². The Bertz CT molecular complexity index is 525. The molecule has 0 fully saturated rings. The van der Waals surface area contributed by atoms with E-state index >= 15 is 0 Å². The summed E-state index contributed by atoms with van der Waals surface area (Å²) < 4.78 is 5.41. The SMILES string of the molecule is CCC(NC(C)c1ccco1)c1ccc(Cl)cc1Cl. The monoisotopic (exact) mass is 297 g/mol. The zero-order chi connectivity index (χ0) is 13.8. The molecule has 0 radical (unpaired) electrons. The van der Waals surface area contributed by atoms with Crippen LogP contribution >= 0.6 is 23.2 Å². The van der Waals surface area contributed by atoms with E-state index in [-0.39, 0.29) is 12.1 Å². The topological polar surface area (TPSA) is 25.2 Å². The molecule has 102 valence electrons. The number of furan rings is 1. The highest BCUT2D eigenvalue weighted by Gasteiger charge is 2.17. The number of benzene rings is 1. The standard InChI is InChI=1S/C15H17Cl2NO/c1-3-14(12-7-6-11(16)9-13(12)17)18-10(2)15-5-4-8-19-15/h4-10,14,18H,3H2,1-2H3. The maximum absolute atomic E-state index is 6.26. The highest BCUT2D eigenvalue weighted by molar-refractivity contribution is 6.35. The minimum Gasteiger partial charge on any atom is -0.468 e. The van der Waals surface area contributed by atoms with Crippen molar-refractivity contribution >= 4 is 23.2 Å². The molecule has 0 aliphatic heterocycles. The average molecular weight is 298 g/mol. The minimum atomic E-state index is 0.131. The van der Waals surface area contributed by atoms with Crippen LogP contribution in [0, 0.1) is 0 Å². The van der Waals surface area contributed by atoms with Gasteiger partial charge in [-0.3, -0.25) is 0 Å². The zero-order valence-corrected chi connectivity index (χ0v) is 12.5. The summed E-state index contributed by atoms with van der Waals surface area (Å²) >= 11 is 12.2. The number of rotatable bonds is 5. The van der Waals surface area contributed by atoms with Crippen LogP contribution in [0.15, 0.2) is 41.0 Å². The summed E-state index contributed by atoms with van der Waals surface area (Å²) in [4.78, 5) is 0. The van der Waals surface area contributed by atoms with Crippen molar-refractivity contribution in [1.29, 1.82) is 0 Å². The molecule has 0 saturated heterocycles. The van der Waals surface area contributed by atoms with E-state index in [0.29, 0.717) is 10.0 Å². The van der Waals surface area contributed by atoms with Crippen LogP contribution in [0.25, 0.3) is 0 Å². The van der Waals surface area contributed by atoms with Crippen molar-refractivity contribution in [1.82, 2.24) is 5.32 Å². The third-order valence-corrected chi connectivity index (χ3v) is 3.73. The summed E-state index contributed by atoms with van der Waals surface area (Å²) in [5, 5.41) is 4.87. The Morgan fingerprint density at radius 1 is 1.26 bits per heavy atom. The number of halogens is 2. The van der Waals surface area contributed by atoms with Gasteiger partial charge in [-0.15, -0.1) is 0 Å². The first-order valence-electron chi connectivity index (χ1n) is 6.36. The maximum Gasteiger partial charge on any atom is 0.120 e. The summed E-state index contributed by atoms with van der Waals surface area (Å²) in [6, 6.07) is 9.78. The van der Waals surface area contributed by atoms with Crippen molar-refractivity contribution in [3.63, 3.8) is 0 Å². The highest BCUT2D eigenvalue weighted by Crippen LogP contribution is 2.30. The molecule has 1 aromatic carbocycles. The van der Waals surface area contributed by atoms with Crippen molar-refractivity contribution in [2.45, 2.75) is 32.4 Å². The predicted octanol–water partition coefficient (Wildman–Crippen LogP) is 5.39. The second-order valence-electron chi connectivity index (χ2n) is 4.53. The average Bonchev–Trinajstić information content (AvgIpc) is 2.90. The molecule has 0 spiro atoms. The molecular formula is C15H17Cl2NO.